The molecular weight excluding hydrogens is 288 g/mol. The molecule has 0 N–H and O–H groups in total. The summed E-state index contributed by atoms with van der Waals surface area (Å²) < 4.78 is 0. The summed E-state index contributed by atoms with van der Waals surface area (Å²) in [5.41, 5.74) is 2.69. The molecule has 2 nitrogen and oxygen atoms in total. The Labute approximate surface area is 121 Å². The zero-order valence-corrected chi connectivity index (χ0v) is 13.0. The SMILES string of the molecule is Br.CCCCN1C=CN(c2ccc(CC)cc2)C1. The Morgan fingerprint density at radius 1 is 1.06 bits per heavy atom. The van der Waals surface area contributed by atoms with Gasteiger partial charge >= 0.3 is 0 Å². The van der Waals surface area contributed by atoms with Gasteiger partial charge < -0.3 is 9.80 Å². The second kappa shape index (κ2) is 7.47. The van der Waals surface area contributed by atoms with E-state index in [-0.39, 0.29) is 17.0 Å². The molecule has 1 heterocycles. The number of unbranched alkanes of at least 4 members (excludes halogenated alkanes) is 1. The third-order valence-electron chi connectivity index (χ3n) is 3.27. The van der Waals surface area contributed by atoms with E-state index in [4.69, 9.17) is 0 Å². The van der Waals surface area contributed by atoms with E-state index in [9.17, 15) is 0 Å². The smallest absolute Gasteiger partial charge is 0.0941 e. The zero-order valence-electron chi connectivity index (χ0n) is 11.3. The molecule has 3 heteroatoms. The number of hydrogen-bond acceptors (Lipinski definition) is 2. The number of nitrogens with zero attached hydrogens (tertiary/aromatic N) is 2. The Hall–Kier alpha value is -0.960. The third kappa shape index (κ3) is 3.77. The highest BCUT2D eigenvalue weighted by molar-refractivity contribution is 8.93. The molecule has 1 aliphatic rings. The van der Waals surface area contributed by atoms with Crippen LogP contribution in [0.15, 0.2) is 36.7 Å². The Bertz CT molecular complexity index is 373. The molecule has 1 aromatic carbocycles. The van der Waals surface area contributed by atoms with E-state index >= 15 is 0 Å². The third-order valence-corrected chi connectivity index (χ3v) is 3.27. The molecule has 0 unspecified atom stereocenters. The second-order valence-electron chi connectivity index (χ2n) is 4.60. The molecular formula is C15H23BrN2. The number of anilines is 1. The topological polar surface area (TPSA) is 6.48 Å². The molecule has 1 aliphatic heterocycles. The maximum Gasteiger partial charge on any atom is 0.0941 e. The van der Waals surface area contributed by atoms with Gasteiger partial charge in [0.1, 0.15) is 0 Å². The Kier molecular flexibility index (Phi) is 6.27. The van der Waals surface area contributed by atoms with Gasteiger partial charge in [-0.2, -0.15) is 0 Å². The summed E-state index contributed by atoms with van der Waals surface area (Å²) >= 11 is 0. The van der Waals surface area contributed by atoms with Crippen LogP contribution in [0.5, 0.6) is 0 Å². The predicted molar refractivity (Wildman–Crippen MR) is 84.2 cm³/mol. The van der Waals surface area contributed by atoms with Crippen molar-refractivity contribution in [2.45, 2.75) is 33.1 Å². The van der Waals surface area contributed by atoms with Crippen LogP contribution in [0.25, 0.3) is 0 Å². The lowest BCUT2D eigenvalue weighted by Gasteiger charge is -2.21. The van der Waals surface area contributed by atoms with E-state index in [1.165, 1.54) is 24.1 Å². The molecule has 0 saturated heterocycles. The molecule has 0 bridgehead atoms. The molecule has 0 saturated carbocycles. The molecule has 1 aromatic rings. The van der Waals surface area contributed by atoms with Gasteiger partial charge in [-0.25, -0.2) is 0 Å². The molecule has 0 spiro atoms. The van der Waals surface area contributed by atoms with E-state index in [0.717, 1.165) is 19.6 Å². The molecule has 18 heavy (non-hydrogen) atoms. The number of aryl methyl sites for hydroxylation is 1. The van der Waals surface area contributed by atoms with Crippen molar-refractivity contribution >= 4 is 22.7 Å². The van der Waals surface area contributed by atoms with E-state index in [2.05, 4.69) is 60.3 Å². The largest absolute Gasteiger partial charge is 0.358 e. The van der Waals surface area contributed by atoms with Crippen molar-refractivity contribution in [2.24, 2.45) is 0 Å². The average molecular weight is 311 g/mol. The standard InChI is InChI=1S/C15H22N2.BrH/c1-3-5-10-16-11-12-17(13-16)15-8-6-14(4-2)7-9-15;/h6-9,11-12H,3-5,10,13H2,1-2H3;1H. The van der Waals surface area contributed by atoms with Crippen LogP contribution in [0.3, 0.4) is 0 Å². The highest BCUT2D eigenvalue weighted by Gasteiger charge is 2.12. The summed E-state index contributed by atoms with van der Waals surface area (Å²) in [5.74, 6) is 0. The minimum absolute atomic E-state index is 0. The van der Waals surface area contributed by atoms with Gasteiger partial charge in [0, 0.05) is 24.6 Å². The van der Waals surface area contributed by atoms with Crippen LogP contribution in [0, 0.1) is 0 Å². The first-order valence-corrected chi connectivity index (χ1v) is 6.61. The van der Waals surface area contributed by atoms with Crippen molar-refractivity contribution in [3.8, 4) is 0 Å². The number of rotatable bonds is 5. The number of benzene rings is 1. The lowest BCUT2D eigenvalue weighted by Crippen LogP contribution is -2.25. The zero-order chi connectivity index (χ0) is 12.1. The van der Waals surface area contributed by atoms with Crippen LogP contribution in [0.1, 0.15) is 32.3 Å². The van der Waals surface area contributed by atoms with Gasteiger partial charge in [-0.3, -0.25) is 0 Å². The van der Waals surface area contributed by atoms with E-state index in [1.807, 2.05) is 0 Å². The maximum atomic E-state index is 2.37. The van der Waals surface area contributed by atoms with Crippen molar-refractivity contribution in [1.29, 1.82) is 0 Å². The first-order chi connectivity index (χ1) is 8.33. The monoisotopic (exact) mass is 310 g/mol. The highest BCUT2D eigenvalue weighted by Crippen LogP contribution is 2.20. The van der Waals surface area contributed by atoms with Crippen molar-refractivity contribution in [3.63, 3.8) is 0 Å². The summed E-state index contributed by atoms with van der Waals surface area (Å²) in [7, 11) is 0. The van der Waals surface area contributed by atoms with Crippen LogP contribution in [0.2, 0.25) is 0 Å². The Balaban J connectivity index is 0.00000162. The van der Waals surface area contributed by atoms with Crippen LogP contribution >= 0.6 is 17.0 Å². The van der Waals surface area contributed by atoms with Gasteiger partial charge in [0.2, 0.25) is 0 Å². The predicted octanol–water partition coefficient (Wildman–Crippen LogP) is 4.18. The van der Waals surface area contributed by atoms with Gasteiger partial charge in [-0.05, 0) is 30.5 Å². The lowest BCUT2D eigenvalue weighted by molar-refractivity contribution is 0.396. The molecule has 100 valence electrons. The average Bonchev–Trinajstić information content (AvgIpc) is 2.85. The fourth-order valence-electron chi connectivity index (χ4n) is 2.06. The Morgan fingerprint density at radius 3 is 2.39 bits per heavy atom. The molecule has 0 fully saturated rings. The van der Waals surface area contributed by atoms with Crippen LogP contribution < -0.4 is 4.90 Å². The number of halogens is 1. The van der Waals surface area contributed by atoms with Gasteiger partial charge in [-0.15, -0.1) is 17.0 Å². The highest BCUT2D eigenvalue weighted by atomic mass is 79.9. The minimum Gasteiger partial charge on any atom is -0.358 e. The van der Waals surface area contributed by atoms with Gasteiger partial charge in [-0.1, -0.05) is 32.4 Å². The van der Waals surface area contributed by atoms with Gasteiger partial charge in [0.05, 0.1) is 6.67 Å². The molecule has 0 aliphatic carbocycles. The number of hydrogen-bond donors (Lipinski definition) is 0. The molecule has 0 aromatic heterocycles. The molecule has 0 amide bonds. The first-order valence-electron chi connectivity index (χ1n) is 6.61. The van der Waals surface area contributed by atoms with Crippen LogP contribution in [-0.4, -0.2) is 18.1 Å². The summed E-state index contributed by atoms with van der Waals surface area (Å²) in [4.78, 5) is 4.67. The van der Waals surface area contributed by atoms with Gasteiger partial charge in [0.15, 0.2) is 0 Å². The van der Waals surface area contributed by atoms with Crippen molar-refractivity contribution < 1.29 is 0 Å². The van der Waals surface area contributed by atoms with E-state index in [0.29, 0.717) is 0 Å². The normalized spacial score (nSPS) is 13.9. The van der Waals surface area contributed by atoms with E-state index in [1.54, 1.807) is 0 Å². The van der Waals surface area contributed by atoms with Crippen molar-refractivity contribution in [3.05, 3.63) is 42.2 Å². The summed E-state index contributed by atoms with van der Waals surface area (Å²) in [6, 6.07) is 8.87. The fourth-order valence-corrected chi connectivity index (χ4v) is 2.06. The molecule has 0 radical (unpaired) electrons. The maximum absolute atomic E-state index is 2.37. The summed E-state index contributed by atoms with van der Waals surface area (Å²) in [5, 5.41) is 0. The van der Waals surface area contributed by atoms with Gasteiger partial charge in [0.25, 0.3) is 0 Å². The summed E-state index contributed by atoms with van der Waals surface area (Å²) in [6.07, 6.45) is 8.02. The first kappa shape index (κ1) is 15.1. The minimum atomic E-state index is 0. The van der Waals surface area contributed by atoms with Crippen LogP contribution in [-0.2, 0) is 6.42 Å². The van der Waals surface area contributed by atoms with Crippen LogP contribution in [0.4, 0.5) is 5.69 Å². The molecule has 0 atom stereocenters. The molecule has 2 rings (SSSR count). The summed E-state index contributed by atoms with van der Waals surface area (Å²) in [6.45, 7) is 6.58. The van der Waals surface area contributed by atoms with E-state index < -0.39 is 0 Å². The lowest BCUT2D eigenvalue weighted by atomic mass is 10.1. The van der Waals surface area contributed by atoms with Crippen molar-refractivity contribution in [1.82, 2.24) is 4.90 Å². The quantitative estimate of drug-likeness (QED) is 0.805. The van der Waals surface area contributed by atoms with Crippen molar-refractivity contribution in [2.75, 3.05) is 18.1 Å². The fraction of sp³-hybridized carbons (Fsp3) is 0.467. The second-order valence-corrected chi connectivity index (χ2v) is 4.60. The Morgan fingerprint density at radius 2 is 1.78 bits per heavy atom.